The number of benzene rings is 3. The van der Waals surface area contributed by atoms with Crippen molar-refractivity contribution in [2.75, 3.05) is 10.6 Å². The molecule has 0 unspecified atom stereocenters. The number of amides is 2. The Morgan fingerprint density at radius 1 is 0.800 bits per heavy atom. The van der Waals surface area contributed by atoms with Gasteiger partial charge < -0.3 is 10.6 Å². The van der Waals surface area contributed by atoms with E-state index in [9.17, 15) is 29.8 Å². The van der Waals surface area contributed by atoms with E-state index in [4.69, 9.17) is 12.2 Å². The Morgan fingerprint density at radius 3 is 2.03 bits per heavy atom. The average molecular weight is 494 g/mol. The number of non-ortho nitro benzene ring substituents is 2. The maximum Gasteiger partial charge on any atom is 0.277 e. The number of carbonyl (C=O) groups excluding carboxylic acids is 2. The summed E-state index contributed by atoms with van der Waals surface area (Å²) < 4.78 is 0. The van der Waals surface area contributed by atoms with Gasteiger partial charge in [0.1, 0.15) is 0 Å². The molecule has 35 heavy (non-hydrogen) atoms. The molecule has 0 saturated carbocycles. The van der Waals surface area contributed by atoms with Crippen LogP contribution in [0, 0.1) is 34.1 Å². The van der Waals surface area contributed by atoms with Crippen LogP contribution in [0.25, 0.3) is 0 Å². The Hall–Kier alpha value is -4.71. The van der Waals surface area contributed by atoms with Crippen molar-refractivity contribution in [1.29, 1.82) is 0 Å². The van der Waals surface area contributed by atoms with Crippen molar-refractivity contribution in [3.8, 4) is 0 Å². The quantitative estimate of drug-likeness (QED) is 0.257. The highest BCUT2D eigenvalue weighted by molar-refractivity contribution is 7.80. The average Bonchev–Trinajstić information content (AvgIpc) is 2.81. The van der Waals surface area contributed by atoms with Gasteiger partial charge in [-0.2, -0.15) is 0 Å². The van der Waals surface area contributed by atoms with Crippen molar-refractivity contribution in [1.82, 2.24) is 5.32 Å². The summed E-state index contributed by atoms with van der Waals surface area (Å²) in [5, 5.41) is 29.8. The van der Waals surface area contributed by atoms with E-state index in [-0.39, 0.29) is 16.2 Å². The molecule has 0 aromatic heterocycles. The van der Waals surface area contributed by atoms with E-state index in [1.165, 1.54) is 0 Å². The standard InChI is InChI=1S/C23H19N5O6S/c1-13-7-8-16(9-14(13)2)24-22(30)19-5-3-4-6-20(19)25-23(35)26-21(29)15-10-17(27(31)32)12-18(11-15)28(33)34/h3-12H,1-2H3,(H,24,30)(H2,25,26,29,35). The highest BCUT2D eigenvalue weighted by Gasteiger charge is 2.21. The lowest BCUT2D eigenvalue weighted by Crippen LogP contribution is -2.34. The van der Waals surface area contributed by atoms with Crippen molar-refractivity contribution in [3.63, 3.8) is 0 Å². The van der Waals surface area contributed by atoms with Gasteiger partial charge >= 0.3 is 0 Å². The third-order valence-electron chi connectivity index (χ3n) is 5.00. The second kappa shape index (κ2) is 10.5. The lowest BCUT2D eigenvalue weighted by molar-refractivity contribution is -0.394. The zero-order chi connectivity index (χ0) is 25.7. The first-order valence-electron chi connectivity index (χ1n) is 10.1. The number of anilines is 2. The molecule has 0 aliphatic heterocycles. The number of hydrogen-bond donors (Lipinski definition) is 3. The maximum absolute atomic E-state index is 12.8. The lowest BCUT2D eigenvalue weighted by Gasteiger charge is -2.14. The van der Waals surface area contributed by atoms with Crippen LogP contribution in [0.2, 0.25) is 0 Å². The van der Waals surface area contributed by atoms with Crippen LogP contribution in [0.4, 0.5) is 22.7 Å². The fourth-order valence-corrected chi connectivity index (χ4v) is 3.28. The first-order valence-corrected chi connectivity index (χ1v) is 10.5. The molecule has 0 heterocycles. The summed E-state index contributed by atoms with van der Waals surface area (Å²) >= 11 is 5.15. The molecule has 2 amide bonds. The Labute approximate surface area is 204 Å². The van der Waals surface area contributed by atoms with E-state index in [1.54, 1.807) is 30.3 Å². The van der Waals surface area contributed by atoms with E-state index in [0.717, 1.165) is 29.3 Å². The maximum atomic E-state index is 12.8. The second-order valence-corrected chi connectivity index (χ2v) is 7.87. The number of nitrogens with zero attached hydrogens (tertiary/aromatic N) is 2. The number of nitrogens with one attached hydrogen (secondary N) is 3. The molecule has 0 saturated heterocycles. The van der Waals surface area contributed by atoms with Gasteiger partial charge in [0.15, 0.2) is 5.11 Å². The van der Waals surface area contributed by atoms with Crippen molar-refractivity contribution in [3.05, 3.63) is 103 Å². The van der Waals surface area contributed by atoms with Crippen LogP contribution in [-0.2, 0) is 0 Å². The SMILES string of the molecule is Cc1ccc(NC(=O)c2ccccc2NC(=S)NC(=O)c2cc([N+](=O)[O-])cc([N+](=O)[O-])c2)cc1C. The highest BCUT2D eigenvalue weighted by Crippen LogP contribution is 2.23. The largest absolute Gasteiger partial charge is 0.332 e. The molecule has 0 aliphatic rings. The number of thiocarbonyl (C=S) groups is 1. The molecule has 3 N–H and O–H groups in total. The van der Waals surface area contributed by atoms with Gasteiger partial charge in [-0.3, -0.25) is 35.1 Å². The minimum atomic E-state index is -0.897. The van der Waals surface area contributed by atoms with Crippen molar-refractivity contribution < 1.29 is 19.4 Å². The summed E-state index contributed by atoms with van der Waals surface area (Å²) in [6, 6.07) is 14.5. The number of carbonyl (C=O) groups is 2. The van der Waals surface area contributed by atoms with Crippen LogP contribution in [0.1, 0.15) is 31.8 Å². The number of hydrogen-bond acceptors (Lipinski definition) is 7. The van der Waals surface area contributed by atoms with Crippen LogP contribution < -0.4 is 16.0 Å². The monoisotopic (exact) mass is 493 g/mol. The molecule has 0 atom stereocenters. The minimum Gasteiger partial charge on any atom is -0.332 e. The molecule has 3 aromatic rings. The minimum absolute atomic E-state index is 0.212. The third kappa shape index (κ3) is 6.21. The zero-order valence-electron chi connectivity index (χ0n) is 18.5. The van der Waals surface area contributed by atoms with Crippen LogP contribution >= 0.6 is 12.2 Å². The molecule has 178 valence electrons. The zero-order valence-corrected chi connectivity index (χ0v) is 19.3. The first-order chi connectivity index (χ1) is 16.5. The van der Waals surface area contributed by atoms with Crippen LogP contribution in [0.15, 0.2) is 60.7 Å². The Bertz CT molecular complexity index is 1340. The second-order valence-electron chi connectivity index (χ2n) is 7.46. The van der Waals surface area contributed by atoms with Crippen molar-refractivity contribution in [2.24, 2.45) is 0 Å². The summed E-state index contributed by atoms with van der Waals surface area (Å²) in [5.41, 5.74) is 1.69. The van der Waals surface area contributed by atoms with E-state index in [1.807, 2.05) is 26.0 Å². The van der Waals surface area contributed by atoms with Gasteiger partial charge in [-0.25, -0.2) is 0 Å². The van der Waals surface area contributed by atoms with Gasteiger partial charge in [-0.15, -0.1) is 0 Å². The summed E-state index contributed by atoms with van der Waals surface area (Å²) in [6.07, 6.45) is 0. The molecule has 0 radical (unpaired) electrons. The normalized spacial score (nSPS) is 10.2. The summed E-state index contributed by atoms with van der Waals surface area (Å²) in [4.78, 5) is 45.8. The predicted molar refractivity (Wildman–Crippen MR) is 134 cm³/mol. The number of nitro benzene ring substituents is 2. The molecule has 0 bridgehead atoms. The molecule has 3 rings (SSSR count). The van der Waals surface area contributed by atoms with Crippen LogP contribution in [0.3, 0.4) is 0 Å². The number of aryl methyl sites for hydroxylation is 2. The van der Waals surface area contributed by atoms with Crippen molar-refractivity contribution in [2.45, 2.75) is 13.8 Å². The van der Waals surface area contributed by atoms with Gasteiger partial charge in [0.2, 0.25) is 0 Å². The molecule has 11 nitrogen and oxygen atoms in total. The topological polar surface area (TPSA) is 157 Å². The molecular weight excluding hydrogens is 474 g/mol. The molecule has 0 aliphatic carbocycles. The van der Waals surface area contributed by atoms with E-state index in [2.05, 4.69) is 16.0 Å². The summed E-state index contributed by atoms with van der Waals surface area (Å²) in [7, 11) is 0. The fraction of sp³-hybridized carbons (Fsp3) is 0.0870. The van der Waals surface area contributed by atoms with Gasteiger partial charge in [0.05, 0.1) is 32.7 Å². The van der Waals surface area contributed by atoms with Gasteiger partial charge in [-0.05, 0) is 61.5 Å². The van der Waals surface area contributed by atoms with Gasteiger partial charge in [0, 0.05) is 17.8 Å². The van der Waals surface area contributed by atoms with E-state index >= 15 is 0 Å². The predicted octanol–water partition coefficient (Wildman–Crippen LogP) is 4.50. The Morgan fingerprint density at radius 2 is 1.43 bits per heavy atom. The van der Waals surface area contributed by atoms with Gasteiger partial charge in [-0.1, -0.05) is 18.2 Å². The van der Waals surface area contributed by atoms with Crippen molar-refractivity contribution >= 4 is 51.9 Å². The van der Waals surface area contributed by atoms with E-state index in [0.29, 0.717) is 11.4 Å². The Balaban J connectivity index is 1.76. The number of nitro groups is 2. The first kappa shape index (κ1) is 24.9. The number of para-hydroxylation sites is 1. The molecule has 3 aromatic carbocycles. The Kier molecular flexibility index (Phi) is 7.46. The third-order valence-corrected chi connectivity index (χ3v) is 5.20. The van der Waals surface area contributed by atoms with Gasteiger partial charge in [0.25, 0.3) is 23.2 Å². The highest BCUT2D eigenvalue weighted by atomic mass is 32.1. The lowest BCUT2D eigenvalue weighted by atomic mass is 10.1. The van der Waals surface area contributed by atoms with E-state index < -0.39 is 33.0 Å². The number of rotatable bonds is 6. The summed E-state index contributed by atoms with van der Waals surface area (Å²) in [5.74, 6) is -1.31. The smallest absolute Gasteiger partial charge is 0.277 e. The fourth-order valence-electron chi connectivity index (χ4n) is 3.07. The van der Waals surface area contributed by atoms with Crippen LogP contribution in [0.5, 0.6) is 0 Å². The van der Waals surface area contributed by atoms with Crippen LogP contribution in [-0.4, -0.2) is 26.8 Å². The molecule has 0 spiro atoms. The summed E-state index contributed by atoms with van der Waals surface area (Å²) in [6.45, 7) is 3.89. The molecule has 12 heteroatoms. The molecule has 0 fully saturated rings. The molecular formula is C23H19N5O6S.